The molecule has 0 aliphatic rings. The Morgan fingerprint density at radius 1 is 0.750 bits per heavy atom. The summed E-state index contributed by atoms with van der Waals surface area (Å²) in [5, 5.41) is 19.4. The van der Waals surface area contributed by atoms with Crippen LogP contribution in [0.15, 0.2) is 24.3 Å². The van der Waals surface area contributed by atoms with Gasteiger partial charge >= 0.3 is 5.97 Å². The molecule has 0 saturated carbocycles. The average molecular weight is 501 g/mol. The molecule has 0 heterocycles. The second kappa shape index (κ2) is 14.1. The lowest BCUT2D eigenvalue weighted by molar-refractivity contribution is -0.137. The zero-order valence-corrected chi connectivity index (χ0v) is 21.5. The molecule has 0 aliphatic carbocycles. The summed E-state index contributed by atoms with van der Waals surface area (Å²) in [7, 11) is 0. The number of rotatable bonds is 16. The molecule has 196 valence electrons. The van der Waals surface area contributed by atoms with Gasteiger partial charge in [0, 0.05) is 17.5 Å². The highest BCUT2D eigenvalue weighted by atomic mass is 16.5. The van der Waals surface area contributed by atoms with Crippen LogP contribution in [-0.2, 0) is 17.6 Å². The molecule has 2 aromatic rings. The lowest BCUT2D eigenvalue weighted by atomic mass is 10.0. The van der Waals surface area contributed by atoms with Crippen LogP contribution in [0.25, 0.3) is 0 Å². The van der Waals surface area contributed by atoms with Crippen molar-refractivity contribution in [2.75, 3.05) is 19.8 Å². The first-order valence-corrected chi connectivity index (χ1v) is 12.3. The highest BCUT2D eigenvalue weighted by Crippen LogP contribution is 2.35. The van der Waals surface area contributed by atoms with Gasteiger partial charge < -0.3 is 24.4 Å². The monoisotopic (exact) mass is 500 g/mol. The van der Waals surface area contributed by atoms with E-state index >= 15 is 0 Å². The number of ether oxygens (including phenoxy) is 3. The van der Waals surface area contributed by atoms with Crippen molar-refractivity contribution in [3.63, 3.8) is 0 Å². The van der Waals surface area contributed by atoms with E-state index in [4.69, 9.17) is 19.3 Å². The van der Waals surface area contributed by atoms with Gasteiger partial charge in [-0.25, -0.2) is 0 Å². The SMILES string of the molecule is CCCc1c(OCCCOc2c(C(C)=O)ccc(OCCC(=O)O)c2CCC)ccc(C(C)=O)c1O. The van der Waals surface area contributed by atoms with Gasteiger partial charge in [0.05, 0.1) is 37.4 Å². The van der Waals surface area contributed by atoms with Gasteiger partial charge in [-0.2, -0.15) is 0 Å². The quantitative estimate of drug-likeness (QED) is 0.232. The first-order chi connectivity index (χ1) is 17.2. The molecule has 0 saturated heterocycles. The summed E-state index contributed by atoms with van der Waals surface area (Å²) in [6.07, 6.45) is 3.14. The Kier molecular flexibility index (Phi) is 11.2. The third-order valence-corrected chi connectivity index (χ3v) is 5.58. The standard InChI is InChI=1S/C28H36O8/c1-5-8-22-24(12-10-20(18(3)29)27(22)33)34-15-7-16-36-28-21(19(4)30)11-13-25(23(28)9-6-2)35-17-14-26(31)32/h10-13,33H,5-9,14-17H2,1-4H3,(H,31,32). The Labute approximate surface area is 212 Å². The van der Waals surface area contributed by atoms with Crippen molar-refractivity contribution in [1.29, 1.82) is 0 Å². The number of ketones is 2. The van der Waals surface area contributed by atoms with Crippen LogP contribution in [0.1, 0.15) is 85.2 Å². The largest absolute Gasteiger partial charge is 0.507 e. The highest BCUT2D eigenvalue weighted by molar-refractivity contribution is 5.98. The van der Waals surface area contributed by atoms with E-state index < -0.39 is 5.97 Å². The molecule has 0 bridgehead atoms. The Bertz CT molecular complexity index is 1070. The summed E-state index contributed by atoms with van der Waals surface area (Å²) in [6, 6.07) is 6.59. The van der Waals surface area contributed by atoms with Crippen molar-refractivity contribution in [1.82, 2.24) is 0 Å². The number of benzene rings is 2. The van der Waals surface area contributed by atoms with Gasteiger partial charge in [-0.15, -0.1) is 0 Å². The van der Waals surface area contributed by atoms with E-state index in [9.17, 15) is 19.5 Å². The van der Waals surface area contributed by atoms with E-state index in [0.717, 1.165) is 18.4 Å². The summed E-state index contributed by atoms with van der Waals surface area (Å²) in [6.45, 7) is 7.47. The predicted octanol–water partition coefficient (Wildman–Crippen LogP) is 5.40. The maximum atomic E-state index is 12.2. The van der Waals surface area contributed by atoms with Crippen molar-refractivity contribution < 1.29 is 38.8 Å². The predicted molar refractivity (Wildman–Crippen MR) is 136 cm³/mol. The van der Waals surface area contributed by atoms with Crippen molar-refractivity contribution in [2.24, 2.45) is 0 Å². The molecule has 36 heavy (non-hydrogen) atoms. The van der Waals surface area contributed by atoms with Crippen LogP contribution < -0.4 is 14.2 Å². The minimum atomic E-state index is -0.949. The van der Waals surface area contributed by atoms with Gasteiger partial charge in [0.2, 0.25) is 0 Å². The highest BCUT2D eigenvalue weighted by Gasteiger charge is 2.19. The molecule has 2 rings (SSSR count). The van der Waals surface area contributed by atoms with Crippen LogP contribution in [0.2, 0.25) is 0 Å². The van der Waals surface area contributed by atoms with Crippen molar-refractivity contribution in [2.45, 2.75) is 66.2 Å². The third kappa shape index (κ3) is 7.73. The van der Waals surface area contributed by atoms with Gasteiger partial charge in [0.25, 0.3) is 0 Å². The molecule has 2 N–H and O–H groups in total. The second-order valence-electron chi connectivity index (χ2n) is 8.51. The summed E-state index contributed by atoms with van der Waals surface area (Å²) >= 11 is 0. The van der Waals surface area contributed by atoms with E-state index in [2.05, 4.69) is 0 Å². The Hall–Kier alpha value is -3.55. The molecule has 0 atom stereocenters. The molecular weight excluding hydrogens is 464 g/mol. The van der Waals surface area contributed by atoms with Crippen LogP contribution in [-0.4, -0.2) is 47.6 Å². The Balaban J connectivity index is 2.12. The molecular formula is C28H36O8. The van der Waals surface area contributed by atoms with E-state index in [0.29, 0.717) is 54.2 Å². The molecule has 0 aliphatic heterocycles. The lowest BCUT2D eigenvalue weighted by Crippen LogP contribution is -2.12. The van der Waals surface area contributed by atoms with Crippen molar-refractivity contribution >= 4 is 17.5 Å². The van der Waals surface area contributed by atoms with E-state index in [1.807, 2.05) is 13.8 Å². The Morgan fingerprint density at radius 3 is 1.86 bits per heavy atom. The van der Waals surface area contributed by atoms with E-state index in [1.54, 1.807) is 24.3 Å². The fraction of sp³-hybridized carbons (Fsp3) is 0.464. The van der Waals surface area contributed by atoms with Crippen LogP contribution in [0.5, 0.6) is 23.0 Å². The van der Waals surface area contributed by atoms with Crippen LogP contribution in [0.4, 0.5) is 0 Å². The number of phenolic OH excluding ortho intramolecular Hbond substituents is 1. The first kappa shape index (κ1) is 28.7. The van der Waals surface area contributed by atoms with Gasteiger partial charge in [-0.1, -0.05) is 26.7 Å². The molecule has 0 amide bonds. The minimum absolute atomic E-state index is 0.0219. The summed E-state index contributed by atoms with van der Waals surface area (Å²) in [4.78, 5) is 34.8. The fourth-order valence-electron chi connectivity index (χ4n) is 3.87. The maximum Gasteiger partial charge on any atom is 0.306 e. The Morgan fingerprint density at radius 2 is 1.28 bits per heavy atom. The number of aromatic hydroxyl groups is 1. The average Bonchev–Trinajstić information content (AvgIpc) is 2.81. The minimum Gasteiger partial charge on any atom is -0.507 e. The number of carboxylic acids is 1. The van der Waals surface area contributed by atoms with Gasteiger partial charge in [0.15, 0.2) is 11.6 Å². The van der Waals surface area contributed by atoms with Crippen molar-refractivity contribution in [3.8, 4) is 23.0 Å². The molecule has 0 fully saturated rings. The van der Waals surface area contributed by atoms with E-state index in [-0.39, 0.29) is 42.5 Å². The molecule has 0 spiro atoms. The topological polar surface area (TPSA) is 119 Å². The first-order valence-electron chi connectivity index (χ1n) is 12.3. The zero-order chi connectivity index (χ0) is 26.7. The molecule has 8 heteroatoms. The number of carbonyl (C=O) groups is 3. The number of phenols is 1. The maximum absolute atomic E-state index is 12.2. The molecule has 2 aromatic carbocycles. The summed E-state index contributed by atoms with van der Waals surface area (Å²) in [5.41, 5.74) is 2.08. The lowest BCUT2D eigenvalue weighted by Gasteiger charge is -2.19. The molecule has 0 aromatic heterocycles. The van der Waals surface area contributed by atoms with Gasteiger partial charge in [0.1, 0.15) is 23.0 Å². The third-order valence-electron chi connectivity index (χ3n) is 5.58. The number of carboxylic acid groups (broad SMARTS) is 1. The summed E-state index contributed by atoms with van der Waals surface area (Å²) < 4.78 is 17.6. The van der Waals surface area contributed by atoms with Crippen molar-refractivity contribution in [3.05, 3.63) is 46.5 Å². The number of aliphatic carboxylic acids is 1. The number of Topliss-reactive ketones (excluding diaryl/α,β-unsaturated/α-hetero) is 2. The molecule has 0 radical (unpaired) electrons. The molecule has 0 unspecified atom stereocenters. The second-order valence-corrected chi connectivity index (χ2v) is 8.51. The number of hydrogen-bond acceptors (Lipinski definition) is 7. The molecule has 8 nitrogen and oxygen atoms in total. The van der Waals surface area contributed by atoms with Crippen LogP contribution in [0.3, 0.4) is 0 Å². The van der Waals surface area contributed by atoms with Gasteiger partial charge in [-0.3, -0.25) is 14.4 Å². The normalized spacial score (nSPS) is 10.7. The van der Waals surface area contributed by atoms with Gasteiger partial charge in [-0.05, 0) is 51.0 Å². The van der Waals surface area contributed by atoms with Crippen LogP contribution >= 0.6 is 0 Å². The number of carbonyl (C=O) groups excluding carboxylic acids is 2. The fourth-order valence-corrected chi connectivity index (χ4v) is 3.87. The zero-order valence-electron chi connectivity index (χ0n) is 21.5. The number of hydrogen-bond donors (Lipinski definition) is 2. The smallest absolute Gasteiger partial charge is 0.306 e. The summed E-state index contributed by atoms with van der Waals surface area (Å²) in [5.74, 6) is 0.170. The van der Waals surface area contributed by atoms with E-state index in [1.165, 1.54) is 13.8 Å². The van der Waals surface area contributed by atoms with Crippen LogP contribution in [0, 0.1) is 0 Å².